The van der Waals surface area contributed by atoms with E-state index in [1.807, 2.05) is 12.1 Å². The first kappa shape index (κ1) is 16.8. The van der Waals surface area contributed by atoms with Crippen LogP contribution in [0.4, 0.5) is 27.5 Å². The van der Waals surface area contributed by atoms with Crippen LogP contribution in [-0.4, -0.2) is 25.9 Å². The normalized spacial score (nSPS) is 13.2. The van der Waals surface area contributed by atoms with E-state index in [0.717, 1.165) is 30.5 Å². The highest BCUT2D eigenvalue weighted by Crippen LogP contribution is 2.30. The van der Waals surface area contributed by atoms with Gasteiger partial charge in [0, 0.05) is 30.1 Å². The number of benzene rings is 1. The summed E-state index contributed by atoms with van der Waals surface area (Å²) >= 11 is 0. The number of aromatic nitrogens is 3. The topological polar surface area (TPSA) is 106 Å². The number of hydrogen-bond donors (Lipinski definition) is 2. The van der Waals surface area contributed by atoms with Crippen molar-refractivity contribution < 1.29 is 9.31 Å². The fourth-order valence-corrected chi connectivity index (χ4v) is 2.56. The molecular weight excluding hydrogens is 351 g/mol. The Morgan fingerprint density at radius 1 is 1.11 bits per heavy atom. The standard InChI is InChI=1S/C18H15FN6O2/c19-12-1-4-14(16(9-12)25(26)27)22-17-10-15(11-5-7-20-8-6-11)23-18(24-17)21-13-2-3-13/h1,4-10,13H,2-3H2,(H2,21,22,23,24). The maximum Gasteiger partial charge on any atom is 0.295 e. The summed E-state index contributed by atoms with van der Waals surface area (Å²) in [5, 5.41) is 17.4. The molecule has 136 valence electrons. The van der Waals surface area contributed by atoms with Crippen molar-refractivity contribution in [3.8, 4) is 11.3 Å². The summed E-state index contributed by atoms with van der Waals surface area (Å²) < 4.78 is 13.4. The van der Waals surface area contributed by atoms with Crippen LogP contribution in [0.2, 0.25) is 0 Å². The summed E-state index contributed by atoms with van der Waals surface area (Å²) in [7, 11) is 0. The Balaban J connectivity index is 1.72. The first-order valence-electron chi connectivity index (χ1n) is 8.35. The Morgan fingerprint density at radius 2 is 1.89 bits per heavy atom. The number of anilines is 3. The third-order valence-electron chi connectivity index (χ3n) is 4.03. The Bertz CT molecular complexity index is 994. The molecule has 4 rings (SSSR count). The zero-order chi connectivity index (χ0) is 18.8. The second-order valence-electron chi connectivity index (χ2n) is 6.16. The molecule has 2 N–H and O–H groups in total. The van der Waals surface area contributed by atoms with Gasteiger partial charge in [0.1, 0.15) is 17.3 Å². The van der Waals surface area contributed by atoms with Crippen LogP contribution < -0.4 is 10.6 Å². The smallest absolute Gasteiger partial charge is 0.295 e. The van der Waals surface area contributed by atoms with Crippen molar-refractivity contribution in [1.29, 1.82) is 0 Å². The molecule has 0 spiro atoms. The minimum atomic E-state index is -0.677. The summed E-state index contributed by atoms with van der Waals surface area (Å²) in [5.41, 5.74) is 1.26. The highest BCUT2D eigenvalue weighted by molar-refractivity contribution is 5.71. The van der Waals surface area contributed by atoms with E-state index >= 15 is 0 Å². The first-order valence-corrected chi connectivity index (χ1v) is 8.35. The van der Waals surface area contributed by atoms with Crippen LogP contribution >= 0.6 is 0 Å². The summed E-state index contributed by atoms with van der Waals surface area (Å²) in [6.45, 7) is 0. The molecule has 0 aliphatic heterocycles. The van der Waals surface area contributed by atoms with Gasteiger partial charge in [-0.25, -0.2) is 9.37 Å². The highest BCUT2D eigenvalue weighted by atomic mass is 19.1. The quantitative estimate of drug-likeness (QED) is 0.503. The Kier molecular flexibility index (Phi) is 4.33. The maximum atomic E-state index is 13.4. The average molecular weight is 366 g/mol. The van der Waals surface area contributed by atoms with E-state index in [4.69, 9.17) is 0 Å². The largest absolute Gasteiger partial charge is 0.351 e. The summed E-state index contributed by atoms with van der Waals surface area (Å²) in [5.74, 6) is 0.122. The molecule has 27 heavy (non-hydrogen) atoms. The van der Waals surface area contributed by atoms with Crippen molar-refractivity contribution >= 4 is 23.1 Å². The molecule has 1 aliphatic rings. The SMILES string of the molecule is O=[N+]([O-])c1cc(F)ccc1Nc1cc(-c2ccncc2)nc(NC2CC2)n1. The number of hydrogen-bond acceptors (Lipinski definition) is 7. The lowest BCUT2D eigenvalue weighted by Gasteiger charge is -2.11. The van der Waals surface area contributed by atoms with Crippen LogP contribution in [0.1, 0.15) is 12.8 Å². The third-order valence-corrected chi connectivity index (χ3v) is 4.03. The van der Waals surface area contributed by atoms with Crippen molar-refractivity contribution in [2.45, 2.75) is 18.9 Å². The van der Waals surface area contributed by atoms with Crippen LogP contribution in [-0.2, 0) is 0 Å². The molecule has 0 atom stereocenters. The van der Waals surface area contributed by atoms with Crippen molar-refractivity contribution in [3.05, 3.63) is 64.7 Å². The molecule has 0 bridgehead atoms. The number of nitrogens with one attached hydrogen (secondary N) is 2. The third kappa shape index (κ3) is 3.97. The van der Waals surface area contributed by atoms with E-state index in [1.165, 1.54) is 6.07 Å². The molecule has 0 saturated heterocycles. The summed E-state index contributed by atoms with van der Waals surface area (Å²) in [4.78, 5) is 23.5. The van der Waals surface area contributed by atoms with Gasteiger partial charge in [-0.05, 0) is 37.1 Å². The molecule has 1 aliphatic carbocycles. The predicted octanol–water partition coefficient (Wildman–Crippen LogP) is 3.90. The average Bonchev–Trinajstić information content (AvgIpc) is 3.47. The van der Waals surface area contributed by atoms with Gasteiger partial charge >= 0.3 is 0 Å². The zero-order valence-electron chi connectivity index (χ0n) is 14.1. The van der Waals surface area contributed by atoms with E-state index in [0.29, 0.717) is 23.5 Å². The van der Waals surface area contributed by atoms with Gasteiger partial charge in [-0.3, -0.25) is 15.1 Å². The van der Waals surface area contributed by atoms with Crippen LogP contribution in [0.25, 0.3) is 11.3 Å². The minimum Gasteiger partial charge on any atom is -0.351 e. The lowest BCUT2D eigenvalue weighted by molar-refractivity contribution is -0.384. The number of halogens is 1. The van der Waals surface area contributed by atoms with Gasteiger partial charge < -0.3 is 10.6 Å². The Labute approximate surface area is 153 Å². The van der Waals surface area contributed by atoms with E-state index in [-0.39, 0.29) is 11.4 Å². The monoisotopic (exact) mass is 366 g/mol. The molecule has 3 aromatic rings. The van der Waals surface area contributed by atoms with E-state index in [9.17, 15) is 14.5 Å². The van der Waals surface area contributed by atoms with Gasteiger partial charge in [-0.2, -0.15) is 4.98 Å². The molecule has 0 unspecified atom stereocenters. The highest BCUT2D eigenvalue weighted by Gasteiger charge is 2.23. The molecule has 1 fully saturated rings. The fourth-order valence-electron chi connectivity index (χ4n) is 2.56. The number of nitro benzene ring substituents is 1. The fraction of sp³-hybridized carbons (Fsp3) is 0.167. The van der Waals surface area contributed by atoms with Crippen LogP contribution in [0.15, 0.2) is 48.8 Å². The Hall–Kier alpha value is -3.62. The number of rotatable bonds is 6. The molecule has 0 radical (unpaired) electrons. The van der Waals surface area contributed by atoms with Gasteiger partial charge in [-0.15, -0.1) is 0 Å². The summed E-state index contributed by atoms with van der Waals surface area (Å²) in [6, 6.07) is 8.99. The van der Waals surface area contributed by atoms with Crippen LogP contribution in [0.3, 0.4) is 0 Å². The van der Waals surface area contributed by atoms with Crippen molar-refractivity contribution in [1.82, 2.24) is 15.0 Å². The second-order valence-corrected chi connectivity index (χ2v) is 6.16. The number of pyridine rings is 1. The molecule has 1 aromatic carbocycles. The first-order chi connectivity index (χ1) is 13.1. The predicted molar refractivity (Wildman–Crippen MR) is 98.2 cm³/mol. The molecule has 1 saturated carbocycles. The van der Waals surface area contributed by atoms with E-state index in [2.05, 4.69) is 25.6 Å². The minimum absolute atomic E-state index is 0.151. The molecule has 0 amide bonds. The number of nitro groups is 1. The second kappa shape index (κ2) is 6.94. The van der Waals surface area contributed by atoms with Crippen molar-refractivity contribution in [2.24, 2.45) is 0 Å². The summed E-state index contributed by atoms with van der Waals surface area (Å²) in [6.07, 6.45) is 5.41. The van der Waals surface area contributed by atoms with Gasteiger partial charge in [-0.1, -0.05) is 0 Å². The lowest BCUT2D eigenvalue weighted by Crippen LogP contribution is -2.08. The van der Waals surface area contributed by atoms with Gasteiger partial charge in [0.25, 0.3) is 5.69 Å². The van der Waals surface area contributed by atoms with Gasteiger partial charge in [0.15, 0.2) is 0 Å². The van der Waals surface area contributed by atoms with Crippen molar-refractivity contribution in [3.63, 3.8) is 0 Å². The Morgan fingerprint density at radius 3 is 2.59 bits per heavy atom. The molecule has 9 heteroatoms. The van der Waals surface area contributed by atoms with Crippen LogP contribution in [0, 0.1) is 15.9 Å². The van der Waals surface area contributed by atoms with E-state index in [1.54, 1.807) is 18.5 Å². The lowest BCUT2D eigenvalue weighted by atomic mass is 10.2. The van der Waals surface area contributed by atoms with Crippen LogP contribution in [0.5, 0.6) is 0 Å². The molecule has 2 heterocycles. The maximum absolute atomic E-state index is 13.4. The zero-order valence-corrected chi connectivity index (χ0v) is 14.1. The van der Waals surface area contributed by atoms with Gasteiger partial charge in [0.05, 0.1) is 16.7 Å². The number of nitrogens with zero attached hydrogens (tertiary/aromatic N) is 4. The van der Waals surface area contributed by atoms with Gasteiger partial charge in [0.2, 0.25) is 5.95 Å². The molecule has 2 aromatic heterocycles. The molecular formula is C18H15FN6O2. The van der Waals surface area contributed by atoms with E-state index < -0.39 is 10.7 Å². The van der Waals surface area contributed by atoms with Crippen molar-refractivity contribution in [2.75, 3.05) is 10.6 Å². The molecule has 8 nitrogen and oxygen atoms in total.